The number of carbonyl (C=O) groups excluding carboxylic acids is 1. The molecule has 2 aromatic rings. The lowest BCUT2D eigenvalue weighted by atomic mass is 9.83. The maximum atomic E-state index is 15.2. The van der Waals surface area contributed by atoms with Crippen LogP contribution in [0.3, 0.4) is 0 Å². The van der Waals surface area contributed by atoms with E-state index >= 15 is 4.39 Å². The molecule has 0 saturated heterocycles. The largest absolute Gasteiger partial charge is 0.478 e. The first-order chi connectivity index (χ1) is 14.4. The Kier molecular flexibility index (Phi) is 5.32. The van der Waals surface area contributed by atoms with Crippen LogP contribution >= 0.6 is 0 Å². The van der Waals surface area contributed by atoms with E-state index in [1.54, 1.807) is 10.8 Å². The number of alkyl halides is 1. The predicted molar refractivity (Wildman–Crippen MR) is 113 cm³/mol. The number of nitrogens with zero attached hydrogens (tertiary/aromatic N) is 3. The minimum Gasteiger partial charge on any atom is -0.478 e. The van der Waals surface area contributed by atoms with Gasteiger partial charge in [-0.15, -0.1) is 0 Å². The van der Waals surface area contributed by atoms with Gasteiger partial charge in [0.25, 0.3) is 5.91 Å². The molecule has 1 fully saturated rings. The smallest absolute Gasteiger partial charge is 0.339 e. The van der Waals surface area contributed by atoms with Gasteiger partial charge in [0.1, 0.15) is 5.56 Å². The van der Waals surface area contributed by atoms with Gasteiger partial charge in [0.05, 0.1) is 16.9 Å². The number of benzene rings is 1. The van der Waals surface area contributed by atoms with Crippen LogP contribution in [0.1, 0.15) is 43.0 Å². The summed E-state index contributed by atoms with van der Waals surface area (Å²) < 4.78 is 16.9. The normalized spacial score (nSPS) is 21.6. The Morgan fingerprint density at radius 1 is 1.30 bits per heavy atom. The number of anilines is 2. The quantitative estimate of drug-likeness (QED) is 0.688. The molecule has 4 rings (SSSR count). The van der Waals surface area contributed by atoms with Crippen molar-refractivity contribution in [3.8, 4) is 0 Å². The maximum Gasteiger partial charge on any atom is 0.339 e. The SMILES string of the molecule is CCn1cc(NC(=O)C(F)CC2(C3CC3)CC=NN2c2ccccc2)c(C(=O)O)c1. The number of para-hydroxylation sites is 1. The molecule has 2 atom stereocenters. The second-order valence-electron chi connectivity index (χ2n) is 7.91. The standard InChI is InChI=1S/C22H25FN4O3/c1-2-26-13-17(21(29)30)19(14-26)25-20(28)18(23)12-22(15-8-9-15)10-11-24-27(22)16-6-4-3-5-7-16/h3-7,11,13-15,18H,2,8-10,12H2,1H3,(H,25,28)(H,29,30). The molecule has 1 saturated carbocycles. The number of aromatic carboxylic acids is 1. The third kappa shape index (κ3) is 3.69. The Bertz CT molecular complexity index is 970. The zero-order valence-corrected chi connectivity index (χ0v) is 16.8. The topological polar surface area (TPSA) is 86.9 Å². The number of carboxylic acids is 1. The number of carboxylic acid groups (broad SMARTS) is 1. The van der Waals surface area contributed by atoms with Gasteiger partial charge < -0.3 is 15.0 Å². The van der Waals surface area contributed by atoms with Gasteiger partial charge in [-0.05, 0) is 37.8 Å². The Balaban J connectivity index is 1.53. The highest BCUT2D eigenvalue weighted by atomic mass is 19.1. The van der Waals surface area contributed by atoms with Crippen LogP contribution in [0.5, 0.6) is 0 Å². The second-order valence-corrected chi connectivity index (χ2v) is 7.91. The van der Waals surface area contributed by atoms with Crippen LogP contribution in [0.4, 0.5) is 15.8 Å². The average Bonchev–Trinajstić information content (AvgIpc) is 3.39. The Morgan fingerprint density at radius 2 is 2.03 bits per heavy atom. The van der Waals surface area contributed by atoms with Crippen molar-refractivity contribution in [1.82, 2.24) is 4.57 Å². The van der Waals surface area contributed by atoms with E-state index in [9.17, 15) is 14.7 Å². The number of rotatable bonds is 8. The summed E-state index contributed by atoms with van der Waals surface area (Å²) in [5, 5.41) is 18.2. The van der Waals surface area contributed by atoms with E-state index in [1.807, 2.05) is 42.3 Å². The summed E-state index contributed by atoms with van der Waals surface area (Å²) in [6.07, 6.45) is 5.47. The van der Waals surface area contributed by atoms with Crippen molar-refractivity contribution >= 4 is 29.5 Å². The van der Waals surface area contributed by atoms with E-state index in [4.69, 9.17) is 0 Å². The molecule has 2 heterocycles. The van der Waals surface area contributed by atoms with E-state index in [-0.39, 0.29) is 23.6 Å². The second kappa shape index (κ2) is 7.93. The van der Waals surface area contributed by atoms with Crippen LogP contribution in [0.15, 0.2) is 47.8 Å². The Morgan fingerprint density at radius 3 is 2.67 bits per heavy atom. The summed E-state index contributed by atoms with van der Waals surface area (Å²) >= 11 is 0. The van der Waals surface area contributed by atoms with Crippen LogP contribution < -0.4 is 10.3 Å². The molecule has 2 N–H and O–H groups in total. The highest BCUT2D eigenvalue weighted by Gasteiger charge is 2.53. The van der Waals surface area contributed by atoms with Crippen molar-refractivity contribution in [2.24, 2.45) is 11.0 Å². The number of hydrogen-bond acceptors (Lipinski definition) is 4. The van der Waals surface area contributed by atoms with Gasteiger partial charge in [-0.1, -0.05) is 18.2 Å². The van der Waals surface area contributed by atoms with Gasteiger partial charge in [-0.3, -0.25) is 9.80 Å². The van der Waals surface area contributed by atoms with Crippen LogP contribution in [0, 0.1) is 5.92 Å². The molecule has 7 nitrogen and oxygen atoms in total. The Hall–Kier alpha value is -3.16. The monoisotopic (exact) mass is 412 g/mol. The number of halogens is 1. The minimum atomic E-state index is -1.79. The molecule has 1 amide bonds. The number of carbonyl (C=O) groups is 2. The molecular weight excluding hydrogens is 387 g/mol. The molecule has 158 valence electrons. The van der Waals surface area contributed by atoms with Gasteiger partial charge in [-0.25, -0.2) is 9.18 Å². The lowest BCUT2D eigenvalue weighted by Crippen LogP contribution is -2.48. The summed E-state index contributed by atoms with van der Waals surface area (Å²) in [7, 11) is 0. The number of hydrazone groups is 1. The molecule has 0 radical (unpaired) electrons. The van der Waals surface area contributed by atoms with Crippen molar-refractivity contribution in [3.63, 3.8) is 0 Å². The molecule has 1 aliphatic heterocycles. The molecule has 1 aromatic carbocycles. The van der Waals surface area contributed by atoms with Crippen LogP contribution in [-0.4, -0.2) is 39.5 Å². The van der Waals surface area contributed by atoms with Gasteiger partial charge in [0, 0.05) is 38.0 Å². The molecule has 8 heteroatoms. The van der Waals surface area contributed by atoms with Crippen LogP contribution in [0.25, 0.3) is 0 Å². The van der Waals surface area contributed by atoms with E-state index in [0.29, 0.717) is 13.0 Å². The maximum absolute atomic E-state index is 15.2. The van der Waals surface area contributed by atoms with E-state index < -0.39 is 23.6 Å². The molecule has 2 aliphatic rings. The average molecular weight is 412 g/mol. The third-order valence-corrected chi connectivity index (χ3v) is 5.95. The lowest BCUT2D eigenvalue weighted by Gasteiger charge is -2.39. The van der Waals surface area contributed by atoms with Crippen molar-refractivity contribution in [3.05, 3.63) is 48.3 Å². The van der Waals surface area contributed by atoms with Crippen molar-refractivity contribution in [1.29, 1.82) is 0 Å². The molecule has 2 unspecified atom stereocenters. The summed E-state index contributed by atoms with van der Waals surface area (Å²) in [6.45, 7) is 2.40. The summed E-state index contributed by atoms with van der Waals surface area (Å²) in [5.74, 6) is -1.73. The molecule has 1 aliphatic carbocycles. The first kappa shape index (κ1) is 20.1. The summed E-state index contributed by atoms with van der Waals surface area (Å²) in [4.78, 5) is 24.1. The van der Waals surface area contributed by atoms with Gasteiger partial charge in [0.15, 0.2) is 6.17 Å². The highest BCUT2D eigenvalue weighted by molar-refractivity contribution is 6.01. The van der Waals surface area contributed by atoms with Crippen LogP contribution in [-0.2, 0) is 11.3 Å². The number of aryl methyl sites for hydroxylation is 1. The zero-order chi connectivity index (χ0) is 21.3. The van der Waals surface area contributed by atoms with E-state index in [0.717, 1.165) is 18.5 Å². The fraction of sp³-hybridized carbons (Fsp3) is 0.409. The van der Waals surface area contributed by atoms with Crippen molar-refractivity contribution in [2.75, 3.05) is 10.3 Å². The minimum absolute atomic E-state index is 0.00468. The number of nitrogens with one attached hydrogen (secondary N) is 1. The van der Waals surface area contributed by atoms with Gasteiger partial charge in [0.2, 0.25) is 0 Å². The van der Waals surface area contributed by atoms with Gasteiger partial charge >= 0.3 is 5.97 Å². The predicted octanol–water partition coefficient (Wildman–Crippen LogP) is 3.92. The summed E-state index contributed by atoms with van der Waals surface area (Å²) in [5.41, 5.74) is 0.353. The number of hydrogen-bond donors (Lipinski definition) is 2. The molecule has 0 bridgehead atoms. The highest BCUT2D eigenvalue weighted by Crippen LogP contribution is 2.51. The van der Waals surface area contributed by atoms with Gasteiger partial charge in [-0.2, -0.15) is 5.10 Å². The zero-order valence-electron chi connectivity index (χ0n) is 16.8. The van der Waals surface area contributed by atoms with Crippen LogP contribution in [0.2, 0.25) is 0 Å². The van der Waals surface area contributed by atoms with Crippen molar-refractivity contribution < 1.29 is 19.1 Å². The van der Waals surface area contributed by atoms with Crippen molar-refractivity contribution in [2.45, 2.75) is 50.9 Å². The fourth-order valence-electron chi connectivity index (χ4n) is 4.25. The Labute approximate surface area is 174 Å². The summed E-state index contributed by atoms with van der Waals surface area (Å²) in [6, 6.07) is 9.59. The van der Waals surface area contributed by atoms with E-state index in [2.05, 4.69) is 10.4 Å². The molecule has 0 spiro atoms. The fourth-order valence-corrected chi connectivity index (χ4v) is 4.25. The first-order valence-electron chi connectivity index (χ1n) is 10.2. The first-order valence-corrected chi connectivity index (χ1v) is 10.2. The lowest BCUT2D eigenvalue weighted by molar-refractivity contribution is -0.121. The molecule has 1 aromatic heterocycles. The number of amides is 1. The third-order valence-electron chi connectivity index (χ3n) is 5.95. The molecule has 30 heavy (non-hydrogen) atoms. The number of aromatic nitrogens is 1. The molecular formula is C22H25FN4O3. The van der Waals surface area contributed by atoms with E-state index in [1.165, 1.54) is 12.4 Å².